The number of aliphatic imine (C=N–C) groups is 1. The Balaban J connectivity index is 0.000000858. The summed E-state index contributed by atoms with van der Waals surface area (Å²) in [6.45, 7) is 4.28. The van der Waals surface area contributed by atoms with Gasteiger partial charge in [-0.1, -0.05) is 66.7 Å². The number of nitrogens with zero attached hydrogens (tertiary/aromatic N) is 1. The molecule has 1 N–H and O–H groups in total. The number of hydrogen-bond acceptors (Lipinski definition) is 2. The average Bonchev–Trinajstić information content (AvgIpc) is 2.76. The van der Waals surface area contributed by atoms with Crippen LogP contribution in [0.3, 0.4) is 0 Å². The van der Waals surface area contributed by atoms with Crippen molar-refractivity contribution in [3.8, 4) is 5.75 Å². The molecule has 0 aromatic heterocycles. The van der Waals surface area contributed by atoms with Crippen LogP contribution in [0, 0.1) is 6.92 Å². The average molecular weight is 532 g/mol. The number of hydrogen-bond donors (Lipinski definition) is 1. The molecule has 3 aromatic rings. The van der Waals surface area contributed by atoms with Crippen molar-refractivity contribution in [3.05, 3.63) is 101 Å². The Morgan fingerprint density at radius 3 is 1.94 bits per heavy atom. The van der Waals surface area contributed by atoms with E-state index < -0.39 is 26.3 Å². The number of phenolic OH excluding ortho intramolecular Hbond substituents is 1. The normalized spacial score (nSPS) is 13.9. The van der Waals surface area contributed by atoms with Gasteiger partial charge in [-0.15, -0.1) is 0 Å². The molecule has 3 aromatic carbocycles. The summed E-state index contributed by atoms with van der Waals surface area (Å²) in [4.78, 5) is 4.69. The maximum absolute atomic E-state index is 11.3. The first kappa shape index (κ1) is 24.2. The first-order valence-corrected chi connectivity index (χ1v) is 16.8. The zero-order valence-corrected chi connectivity index (χ0v) is 21.8. The van der Waals surface area contributed by atoms with Crippen LogP contribution in [0.25, 0.3) is 0 Å². The van der Waals surface area contributed by atoms with E-state index in [2.05, 4.69) is 73.4 Å². The monoisotopic (exact) mass is 529 g/mol. The summed E-state index contributed by atoms with van der Waals surface area (Å²) in [7, 11) is 9.87. The van der Waals surface area contributed by atoms with Gasteiger partial charge in [0.2, 0.25) is 0 Å². The quantitative estimate of drug-likeness (QED) is 0.270. The van der Waals surface area contributed by atoms with Crippen molar-refractivity contribution in [2.24, 2.45) is 4.99 Å². The minimum atomic E-state index is -0.826. The second-order valence-electron chi connectivity index (χ2n) is 8.04. The molecular formula is C26H27Cl2NOZr. The topological polar surface area (TPSA) is 32.6 Å². The third kappa shape index (κ3) is 5.69. The number of halogens is 2. The molecule has 0 spiro atoms. The molecule has 31 heavy (non-hydrogen) atoms. The molecule has 1 saturated carbocycles. The van der Waals surface area contributed by atoms with Crippen molar-refractivity contribution in [2.45, 2.75) is 44.6 Å². The summed E-state index contributed by atoms with van der Waals surface area (Å²) in [6.07, 6.45) is 5.43. The Hall–Kier alpha value is -1.41. The predicted molar refractivity (Wildman–Crippen MR) is 128 cm³/mol. The molecule has 0 radical (unpaired) electrons. The summed E-state index contributed by atoms with van der Waals surface area (Å²) < 4.78 is 0. The first-order valence-electron chi connectivity index (χ1n) is 10.4. The molecule has 0 aliphatic heterocycles. The van der Waals surface area contributed by atoms with Gasteiger partial charge in [-0.05, 0) is 55.9 Å². The van der Waals surface area contributed by atoms with Crippen molar-refractivity contribution in [2.75, 3.05) is 0 Å². The molecule has 2 nitrogen and oxygen atoms in total. The Kier molecular flexibility index (Phi) is 8.96. The van der Waals surface area contributed by atoms with Gasteiger partial charge in [0.05, 0.1) is 0 Å². The molecule has 0 saturated heterocycles. The van der Waals surface area contributed by atoms with E-state index >= 15 is 0 Å². The van der Waals surface area contributed by atoms with Crippen LogP contribution in [0.1, 0.15) is 54.0 Å². The Bertz CT molecular complexity index is 965. The fraction of sp³-hybridized carbons (Fsp3) is 0.269. The summed E-state index contributed by atoms with van der Waals surface area (Å²) in [6, 6.07) is 25.4. The molecule has 0 heterocycles. The van der Waals surface area contributed by atoms with Crippen molar-refractivity contribution in [3.63, 3.8) is 0 Å². The van der Waals surface area contributed by atoms with E-state index in [1.54, 1.807) is 0 Å². The van der Waals surface area contributed by atoms with Gasteiger partial charge in [-0.2, -0.15) is 0 Å². The van der Waals surface area contributed by atoms with Gasteiger partial charge < -0.3 is 5.11 Å². The number of benzene rings is 3. The zero-order valence-electron chi connectivity index (χ0n) is 17.9. The molecule has 0 unspecified atom stereocenters. The number of phenols is 1. The second kappa shape index (κ2) is 11.5. The van der Waals surface area contributed by atoms with Gasteiger partial charge in [0.1, 0.15) is 5.75 Å². The summed E-state index contributed by atoms with van der Waals surface area (Å²) in [5, 5.41) is 11.3. The molecule has 5 heteroatoms. The molecule has 160 valence electrons. The first-order chi connectivity index (χ1) is 15.0. The van der Waals surface area contributed by atoms with Gasteiger partial charge in [0, 0.05) is 28.8 Å². The van der Waals surface area contributed by atoms with E-state index in [-0.39, 0.29) is 0 Å². The van der Waals surface area contributed by atoms with Crippen LogP contribution in [-0.2, 0) is 26.3 Å². The number of rotatable bonds is 5. The van der Waals surface area contributed by atoms with Gasteiger partial charge >= 0.3 is 37.9 Å². The van der Waals surface area contributed by atoms with Crippen LogP contribution in [0.4, 0.5) is 0 Å². The molecular weight excluding hydrogens is 504 g/mol. The second-order valence-corrected chi connectivity index (χ2v) is 11.8. The zero-order chi connectivity index (χ0) is 22.3. The molecule has 0 bridgehead atoms. The van der Waals surface area contributed by atoms with Gasteiger partial charge in [0.25, 0.3) is 0 Å². The Morgan fingerprint density at radius 1 is 0.968 bits per heavy atom. The van der Waals surface area contributed by atoms with E-state index in [1.165, 1.54) is 6.42 Å². The van der Waals surface area contributed by atoms with Gasteiger partial charge in [0.15, 0.2) is 0 Å². The van der Waals surface area contributed by atoms with Crippen molar-refractivity contribution >= 4 is 23.2 Å². The van der Waals surface area contributed by atoms with Crippen molar-refractivity contribution in [1.82, 2.24) is 0 Å². The van der Waals surface area contributed by atoms with E-state index in [0.717, 1.165) is 40.7 Å². The van der Waals surface area contributed by atoms with Crippen LogP contribution in [0.2, 0.25) is 0 Å². The summed E-state index contributed by atoms with van der Waals surface area (Å²) in [5.74, 6) is 0.323. The third-order valence-corrected chi connectivity index (χ3v) is 6.02. The summed E-state index contributed by atoms with van der Waals surface area (Å²) in [5.41, 5.74) is 4.70. The van der Waals surface area contributed by atoms with Gasteiger partial charge in [-0.25, -0.2) is 0 Å². The van der Waals surface area contributed by atoms with E-state index in [0.29, 0.717) is 11.8 Å². The predicted octanol–water partition coefficient (Wildman–Crippen LogP) is 7.40. The minimum absolute atomic E-state index is 0.323. The van der Waals surface area contributed by atoms with Crippen molar-refractivity contribution < 1.29 is 26.0 Å². The van der Waals surface area contributed by atoms with Crippen LogP contribution < -0.4 is 0 Å². The molecule has 0 amide bonds. The summed E-state index contributed by atoms with van der Waals surface area (Å²) >= 11 is -0.826. The molecule has 1 aliphatic carbocycles. The fourth-order valence-corrected chi connectivity index (χ4v) is 4.03. The van der Waals surface area contributed by atoms with Gasteiger partial charge in [-0.3, -0.25) is 4.99 Å². The fourth-order valence-electron chi connectivity index (χ4n) is 4.03. The number of aryl methyl sites for hydroxylation is 1. The van der Waals surface area contributed by atoms with Crippen LogP contribution >= 0.6 is 17.0 Å². The molecule has 1 fully saturated rings. The maximum atomic E-state index is 11.3. The standard InChI is InChI=1S/C26H27NO.2ClH.Zr/c1-19-16-20(18-27-23-14-9-15-23)25(28)24(17-19)26(2,21-10-5-3-6-11-21)22-12-7-4-8-13-22;;;/h3-8,10-13,16-18,23,28H,9,14-15H2,1-2H3;2*1H;/q;;;+2/p-2. The van der Waals surface area contributed by atoms with Crippen LogP contribution in [0.15, 0.2) is 77.8 Å². The van der Waals surface area contributed by atoms with E-state index in [4.69, 9.17) is 17.0 Å². The Morgan fingerprint density at radius 2 is 1.48 bits per heavy atom. The number of aromatic hydroxyl groups is 1. The van der Waals surface area contributed by atoms with E-state index in [9.17, 15) is 5.11 Å². The van der Waals surface area contributed by atoms with E-state index in [1.807, 2.05) is 24.4 Å². The Labute approximate surface area is 204 Å². The molecule has 0 atom stereocenters. The SMILES string of the molecule is Cc1cc(C=NC2CCC2)c(O)c(C(C)(c2ccccc2)c2ccccc2)c1.[Cl][Zr][Cl]. The van der Waals surface area contributed by atoms with Crippen molar-refractivity contribution in [1.29, 1.82) is 0 Å². The molecule has 4 rings (SSSR count). The molecule has 1 aliphatic rings. The van der Waals surface area contributed by atoms with Crippen LogP contribution in [-0.4, -0.2) is 17.4 Å². The van der Waals surface area contributed by atoms with Crippen LogP contribution in [0.5, 0.6) is 5.75 Å². The third-order valence-electron chi connectivity index (χ3n) is 6.02.